The van der Waals surface area contributed by atoms with Crippen LogP contribution in [0.15, 0.2) is 0 Å². The molecule has 78 valence electrons. The first-order valence-electron chi connectivity index (χ1n) is 4.40. The Kier molecular flexibility index (Phi) is 4.11. The van der Waals surface area contributed by atoms with E-state index >= 15 is 0 Å². The summed E-state index contributed by atoms with van der Waals surface area (Å²) in [6.45, 7) is 2.33. The van der Waals surface area contributed by atoms with Gasteiger partial charge in [0, 0.05) is 33.4 Å². The Bertz CT molecular complexity index is 240. The van der Waals surface area contributed by atoms with Gasteiger partial charge in [-0.15, -0.1) is 0 Å². The Morgan fingerprint density at radius 3 is 2.92 bits per heavy atom. The first-order valence-corrected chi connectivity index (χ1v) is 5.84. The summed E-state index contributed by atoms with van der Waals surface area (Å²) in [6.07, 6.45) is 1.63. The van der Waals surface area contributed by atoms with E-state index in [1.807, 2.05) is 0 Å². The average Bonchev–Trinajstić information content (AvgIpc) is 2.08. The van der Waals surface area contributed by atoms with E-state index in [4.69, 9.17) is 4.74 Å². The van der Waals surface area contributed by atoms with Crippen molar-refractivity contribution in [1.29, 1.82) is 0 Å². The number of hydrogen-bond acceptors (Lipinski definition) is 3. The van der Waals surface area contributed by atoms with Crippen LogP contribution in [0.4, 0.5) is 0 Å². The van der Waals surface area contributed by atoms with Crippen molar-refractivity contribution in [3.63, 3.8) is 0 Å². The number of methoxy groups -OCH3 is 1. The molecule has 0 aromatic carbocycles. The van der Waals surface area contributed by atoms with Crippen LogP contribution in [-0.4, -0.2) is 46.1 Å². The molecular weight excluding hydrogens is 192 g/mol. The molecule has 0 radical (unpaired) electrons. The Hall–Kier alpha value is -0.170. The summed E-state index contributed by atoms with van der Waals surface area (Å²) < 4.78 is 31.5. The quantitative estimate of drug-likeness (QED) is 0.637. The summed E-state index contributed by atoms with van der Waals surface area (Å²) >= 11 is 0. The number of nitrogens with zero attached hydrogens (tertiary/aromatic N) is 1. The number of hydrogen-bond donors (Lipinski definition) is 1. The Balaban J connectivity index is 2.38. The minimum atomic E-state index is -3.18. The molecule has 0 bridgehead atoms. The molecule has 0 atom stereocenters. The molecule has 1 N–H and O–H groups in total. The van der Waals surface area contributed by atoms with Gasteiger partial charge in [-0.05, 0) is 12.8 Å². The Morgan fingerprint density at radius 2 is 2.31 bits per heavy atom. The van der Waals surface area contributed by atoms with Crippen molar-refractivity contribution in [1.82, 2.24) is 9.03 Å². The summed E-state index contributed by atoms with van der Waals surface area (Å²) in [7, 11) is -1.56. The van der Waals surface area contributed by atoms with Crippen molar-refractivity contribution in [2.75, 3.05) is 33.4 Å². The molecule has 1 aliphatic rings. The van der Waals surface area contributed by atoms with Crippen molar-refractivity contribution in [3.8, 4) is 0 Å². The lowest BCUT2D eigenvalue weighted by atomic mass is 10.4. The molecule has 13 heavy (non-hydrogen) atoms. The van der Waals surface area contributed by atoms with Gasteiger partial charge in [-0.3, -0.25) is 0 Å². The van der Waals surface area contributed by atoms with Crippen molar-refractivity contribution >= 4 is 10.2 Å². The first-order chi connectivity index (χ1) is 6.17. The summed E-state index contributed by atoms with van der Waals surface area (Å²) in [4.78, 5) is 0. The van der Waals surface area contributed by atoms with Crippen LogP contribution in [0.1, 0.15) is 12.8 Å². The highest BCUT2D eigenvalue weighted by Crippen LogP contribution is 2.05. The van der Waals surface area contributed by atoms with E-state index < -0.39 is 10.2 Å². The number of rotatable bonds is 4. The minimum absolute atomic E-state index is 0.545. The molecule has 0 aliphatic carbocycles. The lowest BCUT2D eigenvalue weighted by molar-refractivity contribution is 0.186. The highest BCUT2D eigenvalue weighted by molar-refractivity contribution is 7.87. The predicted molar refractivity (Wildman–Crippen MR) is 49.6 cm³/mol. The van der Waals surface area contributed by atoms with Gasteiger partial charge >= 0.3 is 0 Å². The maximum Gasteiger partial charge on any atom is 0.279 e. The van der Waals surface area contributed by atoms with Crippen LogP contribution in [0.25, 0.3) is 0 Å². The SMILES string of the molecule is COCCCN1CCCNS1(=O)=O. The Labute approximate surface area is 79.2 Å². The summed E-state index contributed by atoms with van der Waals surface area (Å²) in [5, 5.41) is 0. The normalized spacial score (nSPS) is 23.2. The zero-order valence-corrected chi connectivity index (χ0v) is 8.64. The minimum Gasteiger partial charge on any atom is -0.385 e. The van der Waals surface area contributed by atoms with Gasteiger partial charge in [0.25, 0.3) is 10.2 Å². The lowest BCUT2D eigenvalue weighted by Gasteiger charge is -2.26. The first kappa shape index (κ1) is 10.9. The molecule has 1 saturated heterocycles. The van der Waals surface area contributed by atoms with Gasteiger partial charge in [-0.25, -0.2) is 4.72 Å². The highest BCUT2D eigenvalue weighted by Gasteiger charge is 2.24. The fourth-order valence-corrected chi connectivity index (χ4v) is 2.61. The van der Waals surface area contributed by atoms with Crippen LogP contribution < -0.4 is 4.72 Å². The van der Waals surface area contributed by atoms with Gasteiger partial charge in [-0.2, -0.15) is 12.7 Å². The van der Waals surface area contributed by atoms with E-state index in [2.05, 4.69) is 4.72 Å². The molecule has 0 unspecified atom stereocenters. The summed E-state index contributed by atoms with van der Waals surface area (Å²) in [5.41, 5.74) is 0. The van der Waals surface area contributed by atoms with Crippen molar-refractivity contribution < 1.29 is 13.2 Å². The molecule has 1 heterocycles. The molecule has 1 fully saturated rings. The number of nitrogens with one attached hydrogen (secondary N) is 1. The standard InChI is InChI=1S/C7H16N2O3S/c1-12-7-3-6-9-5-2-4-8-13(9,10)11/h8H,2-7H2,1H3. The maximum absolute atomic E-state index is 11.3. The third-order valence-electron chi connectivity index (χ3n) is 1.96. The van der Waals surface area contributed by atoms with Gasteiger partial charge in [0.1, 0.15) is 0 Å². The van der Waals surface area contributed by atoms with Gasteiger partial charge in [0.15, 0.2) is 0 Å². The van der Waals surface area contributed by atoms with E-state index in [9.17, 15) is 8.42 Å². The molecular formula is C7H16N2O3S. The fraction of sp³-hybridized carbons (Fsp3) is 1.00. The monoisotopic (exact) mass is 208 g/mol. The van der Waals surface area contributed by atoms with Crippen LogP contribution in [-0.2, 0) is 14.9 Å². The van der Waals surface area contributed by atoms with Crippen molar-refractivity contribution in [2.24, 2.45) is 0 Å². The molecule has 1 aliphatic heterocycles. The second-order valence-corrected chi connectivity index (χ2v) is 4.75. The smallest absolute Gasteiger partial charge is 0.279 e. The van der Waals surface area contributed by atoms with Crippen molar-refractivity contribution in [3.05, 3.63) is 0 Å². The van der Waals surface area contributed by atoms with Gasteiger partial charge < -0.3 is 4.74 Å². The predicted octanol–water partition coefficient (Wildman–Crippen LogP) is -0.437. The summed E-state index contributed by atoms with van der Waals surface area (Å²) in [6, 6.07) is 0. The molecule has 0 aromatic rings. The van der Waals surface area contributed by atoms with Crippen LogP contribution in [0.5, 0.6) is 0 Å². The lowest BCUT2D eigenvalue weighted by Crippen LogP contribution is -2.47. The van der Waals surface area contributed by atoms with Gasteiger partial charge in [0.05, 0.1) is 0 Å². The summed E-state index contributed by atoms with van der Waals surface area (Å²) in [5.74, 6) is 0. The highest BCUT2D eigenvalue weighted by atomic mass is 32.2. The van der Waals surface area contributed by atoms with E-state index in [1.165, 1.54) is 4.31 Å². The van der Waals surface area contributed by atoms with Crippen LogP contribution in [0, 0.1) is 0 Å². The number of ether oxygens (including phenoxy) is 1. The van der Waals surface area contributed by atoms with Gasteiger partial charge in [-0.1, -0.05) is 0 Å². The van der Waals surface area contributed by atoms with E-state index in [0.29, 0.717) is 26.2 Å². The van der Waals surface area contributed by atoms with Crippen LogP contribution in [0.2, 0.25) is 0 Å². The largest absolute Gasteiger partial charge is 0.385 e. The third kappa shape index (κ3) is 3.22. The van der Waals surface area contributed by atoms with E-state index in [1.54, 1.807) is 7.11 Å². The van der Waals surface area contributed by atoms with Crippen LogP contribution in [0.3, 0.4) is 0 Å². The fourth-order valence-electron chi connectivity index (χ4n) is 1.29. The van der Waals surface area contributed by atoms with E-state index in [0.717, 1.165) is 12.8 Å². The maximum atomic E-state index is 11.3. The van der Waals surface area contributed by atoms with Crippen molar-refractivity contribution in [2.45, 2.75) is 12.8 Å². The average molecular weight is 208 g/mol. The zero-order valence-electron chi connectivity index (χ0n) is 7.82. The molecule has 0 aromatic heterocycles. The molecule has 1 rings (SSSR count). The molecule has 6 heteroatoms. The molecule has 5 nitrogen and oxygen atoms in total. The third-order valence-corrected chi connectivity index (χ3v) is 3.58. The topological polar surface area (TPSA) is 58.6 Å². The Morgan fingerprint density at radius 1 is 1.54 bits per heavy atom. The second-order valence-electron chi connectivity index (χ2n) is 3.00. The molecule has 0 saturated carbocycles. The van der Waals surface area contributed by atoms with Crippen LogP contribution >= 0.6 is 0 Å². The van der Waals surface area contributed by atoms with Gasteiger partial charge in [0.2, 0.25) is 0 Å². The molecule has 0 spiro atoms. The van der Waals surface area contributed by atoms with E-state index in [-0.39, 0.29) is 0 Å². The zero-order chi connectivity index (χ0) is 9.73. The molecule has 0 amide bonds. The second kappa shape index (κ2) is 4.90.